The van der Waals surface area contributed by atoms with Crippen molar-refractivity contribution in [2.24, 2.45) is 0 Å². The van der Waals surface area contributed by atoms with Crippen molar-refractivity contribution in [2.45, 2.75) is 13.0 Å². The molecule has 0 saturated carbocycles. The topological polar surface area (TPSA) is 113 Å². The molecule has 1 atom stereocenters. The number of carboxylic acids is 1. The number of anilines is 1. The standard InChI is InChI=1S/C20H15FN2O6/c1-11(19(26)27)29-13-8-6-12(7-9-13)10-14-17(24)22-20(28)23(18(14)25)16-5-3-2-4-15(16)21/h2-11H,1H3,(H,26,27)(H,22,24,28)/b14-10+/t11-/m0/s1. The molecule has 1 fully saturated rings. The smallest absolute Gasteiger partial charge is 0.344 e. The number of nitrogens with one attached hydrogen (secondary N) is 1. The second-order valence-electron chi connectivity index (χ2n) is 6.08. The highest BCUT2D eigenvalue weighted by atomic mass is 19.1. The minimum atomic E-state index is -1.13. The predicted molar refractivity (Wildman–Crippen MR) is 99.6 cm³/mol. The summed E-state index contributed by atoms with van der Waals surface area (Å²) in [5.74, 6) is -3.52. The number of carbonyl (C=O) groups excluding carboxylic acids is 3. The van der Waals surface area contributed by atoms with Crippen molar-refractivity contribution < 1.29 is 33.4 Å². The summed E-state index contributed by atoms with van der Waals surface area (Å²) in [4.78, 5) is 48.3. The van der Waals surface area contributed by atoms with Crippen LogP contribution in [0.3, 0.4) is 0 Å². The van der Waals surface area contributed by atoms with Crippen molar-refractivity contribution in [3.63, 3.8) is 0 Å². The molecule has 0 radical (unpaired) electrons. The zero-order chi connectivity index (χ0) is 21.1. The molecule has 0 unspecified atom stereocenters. The molecule has 1 aliphatic heterocycles. The number of rotatable bonds is 5. The maximum Gasteiger partial charge on any atom is 0.344 e. The number of halogens is 1. The Hall–Kier alpha value is -4.01. The first-order valence-electron chi connectivity index (χ1n) is 8.43. The number of benzene rings is 2. The summed E-state index contributed by atoms with van der Waals surface area (Å²) < 4.78 is 19.2. The van der Waals surface area contributed by atoms with E-state index in [4.69, 9.17) is 9.84 Å². The molecule has 1 aliphatic rings. The lowest BCUT2D eigenvalue weighted by molar-refractivity contribution is -0.144. The highest BCUT2D eigenvalue weighted by molar-refractivity contribution is 6.39. The predicted octanol–water partition coefficient (Wildman–Crippen LogP) is 2.34. The van der Waals surface area contributed by atoms with E-state index in [1.54, 1.807) is 0 Å². The van der Waals surface area contributed by atoms with Crippen LogP contribution in [0.1, 0.15) is 12.5 Å². The van der Waals surface area contributed by atoms with Gasteiger partial charge in [-0.05, 0) is 42.8 Å². The van der Waals surface area contributed by atoms with Crippen molar-refractivity contribution >= 4 is 35.6 Å². The van der Waals surface area contributed by atoms with E-state index in [1.165, 1.54) is 55.5 Å². The van der Waals surface area contributed by atoms with Gasteiger partial charge in [0, 0.05) is 0 Å². The van der Waals surface area contributed by atoms with Crippen LogP contribution in [-0.2, 0) is 14.4 Å². The Morgan fingerprint density at radius 2 is 1.79 bits per heavy atom. The molecule has 29 heavy (non-hydrogen) atoms. The molecule has 4 amide bonds. The van der Waals surface area contributed by atoms with Crippen molar-refractivity contribution in [3.05, 3.63) is 65.5 Å². The first-order valence-corrected chi connectivity index (χ1v) is 8.43. The molecular weight excluding hydrogens is 383 g/mol. The van der Waals surface area contributed by atoms with E-state index >= 15 is 0 Å². The third-order valence-corrected chi connectivity index (χ3v) is 4.05. The zero-order valence-electron chi connectivity index (χ0n) is 15.1. The van der Waals surface area contributed by atoms with Crippen LogP contribution in [-0.4, -0.2) is 35.0 Å². The van der Waals surface area contributed by atoms with Gasteiger partial charge in [0.15, 0.2) is 6.10 Å². The largest absolute Gasteiger partial charge is 0.479 e. The van der Waals surface area contributed by atoms with Crippen molar-refractivity contribution in [2.75, 3.05) is 4.90 Å². The van der Waals surface area contributed by atoms with E-state index in [9.17, 15) is 23.6 Å². The molecule has 2 aromatic rings. The Morgan fingerprint density at radius 1 is 1.14 bits per heavy atom. The van der Waals surface area contributed by atoms with Gasteiger partial charge in [0.05, 0.1) is 5.69 Å². The summed E-state index contributed by atoms with van der Waals surface area (Å²) in [7, 11) is 0. The zero-order valence-corrected chi connectivity index (χ0v) is 15.1. The summed E-state index contributed by atoms with van der Waals surface area (Å²) in [5.41, 5.74) is -0.220. The Morgan fingerprint density at radius 3 is 2.41 bits per heavy atom. The lowest BCUT2D eigenvalue weighted by Gasteiger charge is -2.26. The fourth-order valence-electron chi connectivity index (χ4n) is 2.57. The number of amides is 4. The normalized spacial score (nSPS) is 16.6. The van der Waals surface area contributed by atoms with Crippen LogP contribution in [0.15, 0.2) is 54.1 Å². The summed E-state index contributed by atoms with van der Waals surface area (Å²) in [5, 5.41) is 10.9. The van der Waals surface area contributed by atoms with Crippen molar-refractivity contribution in [3.8, 4) is 5.75 Å². The number of ether oxygens (including phenoxy) is 1. The second kappa shape index (κ2) is 7.93. The molecule has 9 heteroatoms. The summed E-state index contributed by atoms with van der Waals surface area (Å²) in [6.45, 7) is 1.37. The first kappa shape index (κ1) is 19.7. The molecule has 1 heterocycles. The van der Waals surface area contributed by atoms with Crippen LogP contribution in [0, 0.1) is 5.82 Å². The number of carbonyl (C=O) groups is 4. The Balaban J connectivity index is 1.89. The van der Waals surface area contributed by atoms with Gasteiger partial charge in [-0.3, -0.25) is 14.9 Å². The van der Waals surface area contributed by atoms with E-state index in [0.29, 0.717) is 10.5 Å². The van der Waals surface area contributed by atoms with Gasteiger partial charge in [-0.1, -0.05) is 24.3 Å². The van der Waals surface area contributed by atoms with E-state index < -0.39 is 35.7 Å². The molecule has 0 aliphatic carbocycles. The number of para-hydroxylation sites is 1. The highest BCUT2D eigenvalue weighted by Crippen LogP contribution is 2.25. The van der Waals surface area contributed by atoms with Crippen LogP contribution in [0.5, 0.6) is 5.75 Å². The molecular formula is C20H15FN2O6. The summed E-state index contributed by atoms with van der Waals surface area (Å²) in [6.07, 6.45) is 0.188. The molecule has 2 N–H and O–H groups in total. The maximum atomic E-state index is 14.0. The lowest BCUT2D eigenvalue weighted by atomic mass is 10.1. The van der Waals surface area contributed by atoms with Gasteiger partial charge < -0.3 is 9.84 Å². The summed E-state index contributed by atoms with van der Waals surface area (Å²) >= 11 is 0. The number of aliphatic carboxylic acids is 1. The van der Waals surface area contributed by atoms with E-state index in [2.05, 4.69) is 0 Å². The average Bonchev–Trinajstić information content (AvgIpc) is 2.67. The third-order valence-electron chi connectivity index (χ3n) is 4.05. The quantitative estimate of drug-likeness (QED) is 0.591. The van der Waals surface area contributed by atoms with Crippen molar-refractivity contribution in [1.82, 2.24) is 5.32 Å². The lowest BCUT2D eigenvalue weighted by Crippen LogP contribution is -2.54. The minimum Gasteiger partial charge on any atom is -0.479 e. The number of urea groups is 1. The number of carboxylic acid groups (broad SMARTS) is 1. The third kappa shape index (κ3) is 4.13. The monoisotopic (exact) mass is 398 g/mol. The van der Waals surface area contributed by atoms with Crippen LogP contribution in [0.25, 0.3) is 6.08 Å². The van der Waals surface area contributed by atoms with Gasteiger partial charge in [0.2, 0.25) is 0 Å². The molecule has 0 aromatic heterocycles. The minimum absolute atomic E-state index is 0.278. The van der Waals surface area contributed by atoms with Crippen LogP contribution < -0.4 is 15.0 Å². The van der Waals surface area contributed by atoms with Crippen molar-refractivity contribution in [1.29, 1.82) is 0 Å². The van der Waals surface area contributed by atoms with Crippen LogP contribution in [0.2, 0.25) is 0 Å². The Kier molecular flexibility index (Phi) is 5.40. The Labute approximate surface area is 164 Å². The van der Waals surface area contributed by atoms with Gasteiger partial charge >= 0.3 is 12.0 Å². The molecule has 8 nitrogen and oxygen atoms in total. The molecule has 0 bridgehead atoms. The molecule has 3 rings (SSSR count). The number of nitrogens with zero attached hydrogens (tertiary/aromatic N) is 1. The van der Waals surface area contributed by atoms with Gasteiger partial charge in [0.25, 0.3) is 11.8 Å². The SMILES string of the molecule is C[C@H](Oc1ccc(/C=C2\C(=O)NC(=O)N(c3ccccc3F)C2=O)cc1)C(=O)O. The van der Waals surface area contributed by atoms with Gasteiger partial charge in [0.1, 0.15) is 17.1 Å². The maximum absolute atomic E-state index is 14.0. The fraction of sp³-hybridized carbons (Fsp3) is 0.100. The number of hydrogen-bond acceptors (Lipinski definition) is 5. The Bertz CT molecular complexity index is 1030. The van der Waals surface area contributed by atoms with E-state index in [-0.39, 0.29) is 17.0 Å². The summed E-state index contributed by atoms with van der Waals surface area (Å²) in [6, 6.07) is 10.1. The van der Waals surface area contributed by atoms with E-state index in [0.717, 1.165) is 6.07 Å². The molecule has 2 aromatic carbocycles. The molecule has 0 spiro atoms. The van der Waals surface area contributed by atoms with E-state index in [1.807, 2.05) is 5.32 Å². The molecule has 148 valence electrons. The van der Waals surface area contributed by atoms with Crippen LogP contribution >= 0.6 is 0 Å². The number of barbiturate groups is 1. The first-order chi connectivity index (χ1) is 13.8. The van der Waals surface area contributed by atoms with Crippen LogP contribution in [0.4, 0.5) is 14.9 Å². The highest BCUT2D eigenvalue weighted by Gasteiger charge is 2.37. The number of imide groups is 2. The second-order valence-corrected chi connectivity index (χ2v) is 6.08. The van der Waals surface area contributed by atoms with Gasteiger partial charge in [-0.2, -0.15) is 0 Å². The number of hydrogen-bond donors (Lipinski definition) is 2. The van der Waals surface area contributed by atoms with Gasteiger partial charge in [-0.25, -0.2) is 18.9 Å². The molecule has 1 saturated heterocycles. The van der Waals surface area contributed by atoms with Gasteiger partial charge in [-0.15, -0.1) is 0 Å². The fourth-order valence-corrected chi connectivity index (χ4v) is 2.57. The average molecular weight is 398 g/mol.